The van der Waals surface area contributed by atoms with Gasteiger partial charge in [0.2, 0.25) is 5.91 Å². The number of carbonyl (C=O) groups excluding carboxylic acids is 1. The van der Waals surface area contributed by atoms with Crippen molar-refractivity contribution in [3.8, 4) is 0 Å². The molecule has 108 valence electrons. The summed E-state index contributed by atoms with van der Waals surface area (Å²) in [4.78, 5) is 12.0. The lowest BCUT2D eigenvalue weighted by atomic mass is 9.98. The third-order valence-corrected chi connectivity index (χ3v) is 3.78. The molecular weight excluding hydrogens is 267 g/mol. The largest absolute Gasteiger partial charge is 0.353 e. The Balaban J connectivity index is 1.75. The maximum atomic E-state index is 13.7. The summed E-state index contributed by atoms with van der Waals surface area (Å²) in [5.74, 6) is -0.348. The average molecular weight is 284 g/mol. The molecule has 0 radical (unpaired) electrons. The second kappa shape index (κ2) is 6.06. The molecule has 0 saturated carbocycles. The molecule has 0 aromatic heterocycles. The molecule has 0 spiro atoms. The van der Waals surface area contributed by atoms with Crippen molar-refractivity contribution in [2.75, 3.05) is 6.54 Å². The van der Waals surface area contributed by atoms with Gasteiger partial charge in [-0.1, -0.05) is 48.5 Å². The van der Waals surface area contributed by atoms with Crippen LogP contribution in [0.3, 0.4) is 0 Å². The average Bonchev–Trinajstić information content (AvgIpc) is 2.52. The van der Waals surface area contributed by atoms with Crippen molar-refractivity contribution in [2.24, 2.45) is 0 Å². The van der Waals surface area contributed by atoms with E-state index in [0.29, 0.717) is 18.5 Å². The van der Waals surface area contributed by atoms with Crippen molar-refractivity contribution in [3.63, 3.8) is 0 Å². The predicted octanol–water partition coefficient (Wildman–Crippen LogP) is 2.20. The van der Waals surface area contributed by atoms with Crippen LogP contribution in [0.2, 0.25) is 0 Å². The number of nitrogens with one attached hydrogen (secondary N) is 2. The van der Waals surface area contributed by atoms with Crippen molar-refractivity contribution in [1.82, 2.24) is 10.6 Å². The fourth-order valence-electron chi connectivity index (χ4n) is 2.64. The molecule has 2 aromatic carbocycles. The minimum absolute atomic E-state index is 0.0562. The molecule has 2 aromatic rings. The second-order valence-corrected chi connectivity index (χ2v) is 5.22. The van der Waals surface area contributed by atoms with E-state index in [0.717, 1.165) is 5.56 Å². The predicted molar refractivity (Wildman–Crippen MR) is 79.2 cm³/mol. The first-order chi connectivity index (χ1) is 10.2. The smallest absolute Gasteiger partial charge is 0.237 e. The van der Waals surface area contributed by atoms with E-state index in [1.54, 1.807) is 18.2 Å². The Morgan fingerprint density at radius 1 is 1.05 bits per heavy atom. The number of benzene rings is 2. The van der Waals surface area contributed by atoms with Gasteiger partial charge in [-0.05, 0) is 23.6 Å². The number of hydrogen-bond donors (Lipinski definition) is 2. The molecule has 2 atom stereocenters. The molecular formula is C17H17FN2O. The number of piperazine rings is 1. The Labute approximate surface area is 123 Å². The van der Waals surface area contributed by atoms with Gasteiger partial charge in [-0.25, -0.2) is 4.39 Å². The van der Waals surface area contributed by atoms with Crippen molar-refractivity contribution >= 4 is 5.91 Å². The lowest BCUT2D eigenvalue weighted by molar-refractivity contribution is -0.125. The molecule has 0 unspecified atom stereocenters. The Kier molecular flexibility index (Phi) is 3.97. The van der Waals surface area contributed by atoms with Crippen LogP contribution >= 0.6 is 0 Å². The second-order valence-electron chi connectivity index (χ2n) is 5.22. The highest BCUT2D eigenvalue weighted by molar-refractivity contribution is 5.83. The Morgan fingerprint density at radius 3 is 2.52 bits per heavy atom. The van der Waals surface area contributed by atoms with E-state index in [2.05, 4.69) is 10.6 Å². The summed E-state index contributed by atoms with van der Waals surface area (Å²) in [6.45, 7) is 0.552. The van der Waals surface area contributed by atoms with Crippen LogP contribution < -0.4 is 10.6 Å². The zero-order chi connectivity index (χ0) is 14.7. The van der Waals surface area contributed by atoms with Gasteiger partial charge in [0.1, 0.15) is 5.82 Å². The lowest BCUT2D eigenvalue weighted by Gasteiger charge is -2.31. The van der Waals surface area contributed by atoms with E-state index in [-0.39, 0.29) is 17.8 Å². The number of amides is 1. The van der Waals surface area contributed by atoms with E-state index in [4.69, 9.17) is 0 Å². The monoisotopic (exact) mass is 284 g/mol. The molecule has 0 aliphatic carbocycles. The van der Waals surface area contributed by atoms with Crippen LogP contribution in [0.1, 0.15) is 17.2 Å². The van der Waals surface area contributed by atoms with E-state index in [1.165, 1.54) is 6.07 Å². The van der Waals surface area contributed by atoms with Crippen LogP contribution in [0.5, 0.6) is 0 Å². The molecule has 1 aliphatic rings. The normalized spacial score (nSPS) is 21.9. The molecule has 1 heterocycles. The maximum Gasteiger partial charge on any atom is 0.237 e. The van der Waals surface area contributed by atoms with Crippen LogP contribution in [0.25, 0.3) is 0 Å². The van der Waals surface area contributed by atoms with Gasteiger partial charge in [-0.2, -0.15) is 0 Å². The number of rotatable bonds is 3. The first kappa shape index (κ1) is 13.8. The lowest BCUT2D eigenvalue weighted by Crippen LogP contribution is -2.55. The Morgan fingerprint density at radius 2 is 1.76 bits per heavy atom. The fraction of sp³-hybridized carbons (Fsp3) is 0.235. The van der Waals surface area contributed by atoms with E-state index in [9.17, 15) is 9.18 Å². The van der Waals surface area contributed by atoms with Gasteiger partial charge >= 0.3 is 0 Å². The molecule has 3 nitrogen and oxygen atoms in total. The zero-order valence-electron chi connectivity index (χ0n) is 11.6. The third-order valence-electron chi connectivity index (χ3n) is 3.78. The van der Waals surface area contributed by atoms with Gasteiger partial charge in [-0.15, -0.1) is 0 Å². The standard InChI is InChI=1S/C17H17FN2O/c18-14-9-5-4-8-13(14)10-15-17(21)19-11-16(20-15)12-6-2-1-3-7-12/h1-9,15-16,20H,10-11H2,(H,19,21)/t15-,16+/m1/s1. The third kappa shape index (κ3) is 3.11. The van der Waals surface area contributed by atoms with Crippen molar-refractivity contribution in [3.05, 3.63) is 71.5 Å². The molecule has 1 saturated heterocycles. The summed E-state index contributed by atoms with van der Waals surface area (Å²) in [5, 5.41) is 6.21. The molecule has 0 bridgehead atoms. The van der Waals surface area contributed by atoms with Gasteiger partial charge in [0, 0.05) is 6.54 Å². The van der Waals surface area contributed by atoms with E-state index in [1.807, 2.05) is 30.3 Å². The molecule has 1 aliphatic heterocycles. The molecule has 21 heavy (non-hydrogen) atoms. The number of carbonyl (C=O) groups is 1. The summed E-state index contributed by atoms with van der Waals surface area (Å²) >= 11 is 0. The van der Waals surface area contributed by atoms with Crippen molar-refractivity contribution in [1.29, 1.82) is 0 Å². The summed E-state index contributed by atoms with van der Waals surface area (Å²) in [6, 6.07) is 16.2. The SMILES string of the molecule is O=C1NC[C@@H](c2ccccc2)N[C@@H]1Cc1ccccc1F. The molecule has 1 amide bonds. The van der Waals surface area contributed by atoms with Gasteiger partial charge in [0.15, 0.2) is 0 Å². The van der Waals surface area contributed by atoms with Gasteiger partial charge < -0.3 is 5.32 Å². The van der Waals surface area contributed by atoms with Gasteiger partial charge in [0.25, 0.3) is 0 Å². The number of halogens is 1. The molecule has 4 heteroatoms. The molecule has 3 rings (SSSR count). The molecule has 2 N–H and O–H groups in total. The summed E-state index contributed by atoms with van der Waals surface area (Å²) < 4.78 is 13.7. The maximum absolute atomic E-state index is 13.7. The minimum Gasteiger partial charge on any atom is -0.353 e. The van der Waals surface area contributed by atoms with Crippen molar-refractivity contribution < 1.29 is 9.18 Å². The zero-order valence-corrected chi connectivity index (χ0v) is 11.6. The van der Waals surface area contributed by atoms with E-state index >= 15 is 0 Å². The highest BCUT2D eigenvalue weighted by Crippen LogP contribution is 2.18. The highest BCUT2D eigenvalue weighted by Gasteiger charge is 2.28. The summed E-state index contributed by atoms with van der Waals surface area (Å²) in [7, 11) is 0. The Hall–Kier alpha value is -2.20. The van der Waals surface area contributed by atoms with Gasteiger partial charge in [-0.3, -0.25) is 10.1 Å². The van der Waals surface area contributed by atoms with Crippen LogP contribution in [-0.2, 0) is 11.2 Å². The first-order valence-corrected chi connectivity index (χ1v) is 7.06. The summed E-state index contributed by atoms with van der Waals surface area (Å²) in [6.07, 6.45) is 0.349. The van der Waals surface area contributed by atoms with Crippen LogP contribution in [0.15, 0.2) is 54.6 Å². The summed E-state index contributed by atoms with van der Waals surface area (Å²) in [5.41, 5.74) is 1.68. The van der Waals surface area contributed by atoms with Gasteiger partial charge in [0.05, 0.1) is 12.1 Å². The van der Waals surface area contributed by atoms with Crippen LogP contribution in [0.4, 0.5) is 4.39 Å². The first-order valence-electron chi connectivity index (χ1n) is 7.06. The topological polar surface area (TPSA) is 41.1 Å². The highest BCUT2D eigenvalue weighted by atomic mass is 19.1. The van der Waals surface area contributed by atoms with Crippen LogP contribution in [0, 0.1) is 5.82 Å². The van der Waals surface area contributed by atoms with Crippen LogP contribution in [-0.4, -0.2) is 18.5 Å². The van der Waals surface area contributed by atoms with Crippen molar-refractivity contribution in [2.45, 2.75) is 18.5 Å². The molecule has 1 fully saturated rings. The fourth-order valence-corrected chi connectivity index (χ4v) is 2.64. The quantitative estimate of drug-likeness (QED) is 0.907. The van der Waals surface area contributed by atoms with E-state index < -0.39 is 6.04 Å². The minimum atomic E-state index is -0.416. The number of hydrogen-bond acceptors (Lipinski definition) is 2. The Bertz CT molecular complexity index is 630.